The number of halogens is 1. The summed E-state index contributed by atoms with van der Waals surface area (Å²) < 4.78 is 13.9. The van der Waals surface area contributed by atoms with Crippen molar-refractivity contribution in [2.24, 2.45) is 0 Å². The number of hydrogen-bond acceptors (Lipinski definition) is 3. The summed E-state index contributed by atoms with van der Waals surface area (Å²) in [4.78, 5) is 4.49. The molecule has 0 atom stereocenters. The molecule has 84 valence electrons. The maximum atomic E-state index is 12.8. The van der Waals surface area contributed by atoms with Gasteiger partial charge in [-0.05, 0) is 42.5 Å². The van der Waals surface area contributed by atoms with Gasteiger partial charge in [0.15, 0.2) is 0 Å². The van der Waals surface area contributed by atoms with E-state index < -0.39 is 0 Å². The fraction of sp³-hybridized carbons (Fsp3) is 0. The van der Waals surface area contributed by atoms with E-state index in [1.807, 2.05) is 18.2 Å². The highest BCUT2D eigenvalue weighted by atomic mass is 32.1. The average molecular weight is 244 g/mol. The highest BCUT2D eigenvalue weighted by Crippen LogP contribution is 2.31. The molecular weight excluding hydrogens is 235 g/mol. The van der Waals surface area contributed by atoms with E-state index in [0.29, 0.717) is 0 Å². The summed E-state index contributed by atoms with van der Waals surface area (Å²) >= 11 is 1.56. The third-order valence-corrected chi connectivity index (χ3v) is 3.57. The first-order valence-corrected chi connectivity index (χ1v) is 5.96. The second-order valence-electron chi connectivity index (χ2n) is 3.75. The minimum Gasteiger partial charge on any atom is -0.399 e. The van der Waals surface area contributed by atoms with Crippen LogP contribution in [0.4, 0.5) is 10.1 Å². The summed E-state index contributed by atoms with van der Waals surface area (Å²) in [6, 6.07) is 12.0. The Kier molecular flexibility index (Phi) is 2.30. The first kappa shape index (κ1) is 10.2. The quantitative estimate of drug-likeness (QED) is 0.663. The number of hydrogen-bond donors (Lipinski definition) is 1. The third kappa shape index (κ3) is 1.87. The van der Waals surface area contributed by atoms with Crippen molar-refractivity contribution < 1.29 is 4.39 Å². The van der Waals surface area contributed by atoms with E-state index in [2.05, 4.69) is 4.98 Å². The molecule has 0 bridgehead atoms. The monoisotopic (exact) mass is 244 g/mol. The second-order valence-corrected chi connectivity index (χ2v) is 4.78. The molecule has 2 aromatic carbocycles. The first-order chi connectivity index (χ1) is 8.22. The lowest BCUT2D eigenvalue weighted by atomic mass is 10.2. The molecule has 17 heavy (non-hydrogen) atoms. The van der Waals surface area contributed by atoms with Crippen LogP contribution in [0.15, 0.2) is 42.5 Å². The summed E-state index contributed by atoms with van der Waals surface area (Å²) in [6.07, 6.45) is 0. The SMILES string of the molecule is Nc1ccc2nc(-c3ccc(F)cc3)sc2c1. The zero-order valence-corrected chi connectivity index (χ0v) is 9.67. The van der Waals surface area contributed by atoms with Crippen molar-refractivity contribution in [2.75, 3.05) is 5.73 Å². The van der Waals surface area contributed by atoms with Crippen LogP contribution >= 0.6 is 11.3 Å². The zero-order valence-electron chi connectivity index (χ0n) is 8.85. The zero-order chi connectivity index (χ0) is 11.8. The lowest BCUT2D eigenvalue weighted by molar-refractivity contribution is 0.628. The van der Waals surface area contributed by atoms with E-state index in [1.165, 1.54) is 12.1 Å². The lowest BCUT2D eigenvalue weighted by Gasteiger charge is -1.94. The van der Waals surface area contributed by atoms with Crippen LogP contribution < -0.4 is 5.73 Å². The Morgan fingerprint density at radius 2 is 1.82 bits per heavy atom. The summed E-state index contributed by atoms with van der Waals surface area (Å²) in [6.45, 7) is 0. The van der Waals surface area contributed by atoms with Crippen LogP contribution in [0.25, 0.3) is 20.8 Å². The van der Waals surface area contributed by atoms with E-state index in [1.54, 1.807) is 23.5 Å². The molecule has 4 heteroatoms. The topological polar surface area (TPSA) is 38.9 Å². The third-order valence-electron chi connectivity index (χ3n) is 2.50. The molecule has 3 aromatic rings. The van der Waals surface area contributed by atoms with Crippen molar-refractivity contribution >= 4 is 27.2 Å². The number of fused-ring (bicyclic) bond motifs is 1. The van der Waals surface area contributed by atoms with Crippen LogP contribution in [0.3, 0.4) is 0 Å². The molecular formula is C13H9FN2S. The van der Waals surface area contributed by atoms with Gasteiger partial charge >= 0.3 is 0 Å². The van der Waals surface area contributed by atoms with Crippen molar-refractivity contribution in [3.05, 3.63) is 48.3 Å². The Morgan fingerprint density at radius 3 is 2.59 bits per heavy atom. The Hall–Kier alpha value is -1.94. The maximum Gasteiger partial charge on any atom is 0.124 e. The maximum absolute atomic E-state index is 12.8. The van der Waals surface area contributed by atoms with E-state index in [-0.39, 0.29) is 5.82 Å². The minimum absolute atomic E-state index is 0.237. The molecule has 3 rings (SSSR count). The fourth-order valence-electron chi connectivity index (χ4n) is 1.66. The molecule has 1 aromatic heterocycles. The normalized spacial score (nSPS) is 10.9. The van der Waals surface area contributed by atoms with Crippen molar-refractivity contribution in [3.8, 4) is 10.6 Å². The summed E-state index contributed by atoms with van der Waals surface area (Å²) in [5, 5.41) is 0.880. The van der Waals surface area contributed by atoms with Gasteiger partial charge in [-0.2, -0.15) is 0 Å². The highest BCUT2D eigenvalue weighted by Gasteiger charge is 2.06. The average Bonchev–Trinajstić information content (AvgIpc) is 2.72. The number of nitrogen functional groups attached to an aromatic ring is 1. The van der Waals surface area contributed by atoms with Crippen molar-refractivity contribution in [1.29, 1.82) is 0 Å². The van der Waals surface area contributed by atoms with Gasteiger partial charge in [-0.25, -0.2) is 9.37 Å². The summed E-state index contributed by atoms with van der Waals surface area (Å²) in [5.41, 5.74) is 8.29. The summed E-state index contributed by atoms with van der Waals surface area (Å²) in [7, 11) is 0. The van der Waals surface area contributed by atoms with Crippen LogP contribution in [0.1, 0.15) is 0 Å². The number of thiazole rings is 1. The molecule has 2 N–H and O–H groups in total. The van der Waals surface area contributed by atoms with Gasteiger partial charge in [0.1, 0.15) is 10.8 Å². The second kappa shape index (κ2) is 3.82. The Morgan fingerprint density at radius 1 is 1.06 bits per heavy atom. The van der Waals surface area contributed by atoms with E-state index in [4.69, 9.17) is 5.73 Å². The number of benzene rings is 2. The summed E-state index contributed by atoms with van der Waals surface area (Å²) in [5.74, 6) is -0.237. The largest absolute Gasteiger partial charge is 0.399 e. The molecule has 0 fully saturated rings. The molecule has 0 amide bonds. The molecule has 0 aliphatic rings. The molecule has 0 saturated heterocycles. The van der Waals surface area contributed by atoms with Gasteiger partial charge in [0.25, 0.3) is 0 Å². The smallest absolute Gasteiger partial charge is 0.124 e. The van der Waals surface area contributed by atoms with Gasteiger partial charge in [-0.3, -0.25) is 0 Å². The number of anilines is 1. The number of nitrogens with zero attached hydrogens (tertiary/aromatic N) is 1. The fourth-order valence-corrected chi connectivity index (χ4v) is 2.68. The molecule has 0 radical (unpaired) electrons. The van der Waals surface area contributed by atoms with Crippen LogP contribution in [0.5, 0.6) is 0 Å². The standard InChI is InChI=1S/C13H9FN2S/c14-9-3-1-8(2-4-9)13-16-11-6-5-10(15)7-12(11)17-13/h1-7H,15H2. The van der Waals surface area contributed by atoms with E-state index in [0.717, 1.165) is 26.5 Å². The van der Waals surface area contributed by atoms with Crippen molar-refractivity contribution in [2.45, 2.75) is 0 Å². The van der Waals surface area contributed by atoms with Gasteiger partial charge in [-0.15, -0.1) is 11.3 Å². The predicted molar refractivity (Wildman–Crippen MR) is 69.4 cm³/mol. The van der Waals surface area contributed by atoms with Crippen LogP contribution in [0.2, 0.25) is 0 Å². The number of rotatable bonds is 1. The lowest BCUT2D eigenvalue weighted by Crippen LogP contribution is -1.81. The van der Waals surface area contributed by atoms with Crippen molar-refractivity contribution in [1.82, 2.24) is 4.98 Å². The molecule has 1 heterocycles. The molecule has 0 spiro atoms. The Balaban J connectivity index is 2.14. The van der Waals surface area contributed by atoms with E-state index >= 15 is 0 Å². The van der Waals surface area contributed by atoms with Gasteiger partial charge in [0, 0.05) is 11.3 Å². The molecule has 0 aliphatic heterocycles. The minimum atomic E-state index is -0.237. The van der Waals surface area contributed by atoms with Gasteiger partial charge < -0.3 is 5.73 Å². The molecule has 2 nitrogen and oxygen atoms in total. The molecule has 0 saturated carbocycles. The van der Waals surface area contributed by atoms with Crippen molar-refractivity contribution in [3.63, 3.8) is 0 Å². The predicted octanol–water partition coefficient (Wildman–Crippen LogP) is 3.68. The Labute approximate surface area is 102 Å². The van der Waals surface area contributed by atoms with Crippen LogP contribution in [-0.2, 0) is 0 Å². The number of aromatic nitrogens is 1. The number of nitrogens with two attached hydrogens (primary N) is 1. The first-order valence-electron chi connectivity index (χ1n) is 5.14. The van der Waals surface area contributed by atoms with Gasteiger partial charge in [-0.1, -0.05) is 0 Å². The highest BCUT2D eigenvalue weighted by molar-refractivity contribution is 7.21. The van der Waals surface area contributed by atoms with Gasteiger partial charge in [0.05, 0.1) is 10.2 Å². The van der Waals surface area contributed by atoms with Crippen LogP contribution in [0, 0.1) is 5.82 Å². The Bertz CT molecular complexity index is 673. The molecule has 0 unspecified atom stereocenters. The van der Waals surface area contributed by atoms with Gasteiger partial charge in [0.2, 0.25) is 0 Å². The van der Waals surface area contributed by atoms with E-state index in [9.17, 15) is 4.39 Å². The van der Waals surface area contributed by atoms with Crippen LogP contribution in [-0.4, -0.2) is 4.98 Å². The molecule has 0 aliphatic carbocycles.